The van der Waals surface area contributed by atoms with Crippen molar-refractivity contribution in [1.29, 1.82) is 0 Å². The Kier molecular flexibility index (Phi) is 5.19. The van der Waals surface area contributed by atoms with Crippen LogP contribution in [0.1, 0.15) is 41.8 Å². The number of benzene rings is 1. The Balaban J connectivity index is 1.79. The second-order valence-corrected chi connectivity index (χ2v) is 6.01. The van der Waals surface area contributed by atoms with Gasteiger partial charge in [0.25, 0.3) is 5.91 Å². The molecule has 6 nitrogen and oxygen atoms in total. The summed E-state index contributed by atoms with van der Waals surface area (Å²) in [5.74, 6) is 1.43. The number of nitrogens with zero attached hydrogens (tertiary/aromatic N) is 1. The van der Waals surface area contributed by atoms with Crippen LogP contribution < -0.4 is 5.32 Å². The SMILES string of the molecule is CCc1ccc([C@H]2COCCN2C(=O)c2ccc(NC(C)=O)cc2)o1. The van der Waals surface area contributed by atoms with E-state index < -0.39 is 0 Å². The predicted molar refractivity (Wildman–Crippen MR) is 93.4 cm³/mol. The number of carbonyl (C=O) groups is 2. The van der Waals surface area contributed by atoms with Gasteiger partial charge < -0.3 is 19.4 Å². The van der Waals surface area contributed by atoms with Gasteiger partial charge in [0.15, 0.2) is 0 Å². The number of aryl methyl sites for hydroxylation is 1. The molecule has 1 N–H and O–H groups in total. The number of hydrogen-bond donors (Lipinski definition) is 1. The molecule has 132 valence electrons. The predicted octanol–water partition coefficient (Wildman–Crippen LogP) is 3.01. The second-order valence-electron chi connectivity index (χ2n) is 6.01. The molecule has 6 heteroatoms. The fourth-order valence-electron chi connectivity index (χ4n) is 2.91. The first-order valence-corrected chi connectivity index (χ1v) is 8.43. The first kappa shape index (κ1) is 17.2. The lowest BCUT2D eigenvalue weighted by molar-refractivity contribution is -0.114. The molecule has 25 heavy (non-hydrogen) atoms. The minimum Gasteiger partial charge on any atom is -0.464 e. The molecule has 0 saturated carbocycles. The van der Waals surface area contributed by atoms with Gasteiger partial charge in [0.1, 0.15) is 17.6 Å². The highest BCUT2D eigenvalue weighted by Gasteiger charge is 2.31. The Morgan fingerprint density at radius 2 is 1.96 bits per heavy atom. The lowest BCUT2D eigenvalue weighted by atomic mass is 10.1. The van der Waals surface area contributed by atoms with E-state index in [4.69, 9.17) is 9.15 Å². The minimum atomic E-state index is -0.225. The van der Waals surface area contributed by atoms with Crippen molar-refractivity contribution in [3.05, 3.63) is 53.5 Å². The molecule has 1 aliphatic heterocycles. The zero-order chi connectivity index (χ0) is 17.8. The third kappa shape index (κ3) is 3.91. The van der Waals surface area contributed by atoms with E-state index in [9.17, 15) is 9.59 Å². The molecule has 1 aromatic carbocycles. The van der Waals surface area contributed by atoms with Crippen molar-refractivity contribution >= 4 is 17.5 Å². The van der Waals surface area contributed by atoms with Gasteiger partial charge in [-0.25, -0.2) is 0 Å². The largest absolute Gasteiger partial charge is 0.464 e. The van der Waals surface area contributed by atoms with Crippen LogP contribution in [0.5, 0.6) is 0 Å². The molecule has 1 saturated heterocycles. The van der Waals surface area contributed by atoms with Gasteiger partial charge in [0.05, 0.1) is 13.2 Å². The molecule has 1 atom stereocenters. The van der Waals surface area contributed by atoms with Crippen LogP contribution in [0.3, 0.4) is 0 Å². The summed E-state index contributed by atoms with van der Waals surface area (Å²) in [6.45, 7) is 4.92. The Morgan fingerprint density at radius 3 is 2.60 bits per heavy atom. The molecule has 1 aromatic heterocycles. The average Bonchev–Trinajstić information content (AvgIpc) is 3.10. The van der Waals surface area contributed by atoms with Crippen molar-refractivity contribution in [3.63, 3.8) is 0 Å². The number of ether oxygens (including phenoxy) is 1. The van der Waals surface area contributed by atoms with Crippen LogP contribution >= 0.6 is 0 Å². The van der Waals surface area contributed by atoms with Gasteiger partial charge in [-0.3, -0.25) is 9.59 Å². The van der Waals surface area contributed by atoms with Gasteiger partial charge in [0, 0.05) is 31.1 Å². The van der Waals surface area contributed by atoms with E-state index in [2.05, 4.69) is 5.32 Å². The first-order chi connectivity index (χ1) is 12.1. The highest BCUT2D eigenvalue weighted by Crippen LogP contribution is 2.28. The number of carbonyl (C=O) groups excluding carboxylic acids is 2. The van der Waals surface area contributed by atoms with Crippen LogP contribution in [-0.2, 0) is 16.0 Å². The lowest BCUT2D eigenvalue weighted by Crippen LogP contribution is -2.43. The van der Waals surface area contributed by atoms with Gasteiger partial charge in [-0.1, -0.05) is 6.92 Å². The third-order valence-corrected chi connectivity index (χ3v) is 4.20. The highest BCUT2D eigenvalue weighted by molar-refractivity contribution is 5.95. The van der Waals surface area contributed by atoms with Crippen LogP contribution in [0.25, 0.3) is 0 Å². The summed E-state index contributed by atoms with van der Waals surface area (Å²) in [7, 11) is 0. The number of amides is 2. The van der Waals surface area contributed by atoms with Gasteiger partial charge >= 0.3 is 0 Å². The molecule has 2 aromatic rings. The fraction of sp³-hybridized carbons (Fsp3) is 0.368. The summed E-state index contributed by atoms with van der Waals surface area (Å²) < 4.78 is 11.4. The van der Waals surface area contributed by atoms with Crippen molar-refractivity contribution < 1.29 is 18.7 Å². The molecule has 0 aliphatic carbocycles. The number of nitrogens with one attached hydrogen (secondary N) is 1. The molecule has 1 fully saturated rings. The number of morpholine rings is 1. The number of rotatable bonds is 4. The summed E-state index contributed by atoms with van der Waals surface area (Å²) in [5.41, 5.74) is 1.24. The average molecular weight is 342 g/mol. The monoisotopic (exact) mass is 342 g/mol. The normalized spacial score (nSPS) is 17.4. The van der Waals surface area contributed by atoms with E-state index in [1.165, 1.54) is 6.92 Å². The van der Waals surface area contributed by atoms with Crippen molar-refractivity contribution in [1.82, 2.24) is 4.90 Å². The van der Waals surface area contributed by atoms with E-state index in [0.717, 1.165) is 17.9 Å². The molecule has 0 spiro atoms. The van der Waals surface area contributed by atoms with E-state index in [-0.39, 0.29) is 17.9 Å². The third-order valence-electron chi connectivity index (χ3n) is 4.20. The van der Waals surface area contributed by atoms with Crippen molar-refractivity contribution in [2.24, 2.45) is 0 Å². The molecule has 0 radical (unpaired) electrons. The van der Waals surface area contributed by atoms with Crippen molar-refractivity contribution in [2.45, 2.75) is 26.3 Å². The molecular formula is C19H22N2O4. The summed E-state index contributed by atoms with van der Waals surface area (Å²) in [5, 5.41) is 2.70. The van der Waals surface area contributed by atoms with E-state index in [1.54, 1.807) is 29.2 Å². The fourth-order valence-corrected chi connectivity index (χ4v) is 2.91. The molecular weight excluding hydrogens is 320 g/mol. The first-order valence-electron chi connectivity index (χ1n) is 8.43. The molecule has 2 heterocycles. The van der Waals surface area contributed by atoms with Crippen LogP contribution in [0, 0.1) is 0 Å². The molecule has 1 aliphatic rings. The lowest BCUT2D eigenvalue weighted by Gasteiger charge is -2.34. The Morgan fingerprint density at radius 1 is 1.20 bits per heavy atom. The van der Waals surface area contributed by atoms with E-state index in [1.807, 2.05) is 19.1 Å². The Labute approximate surface area is 146 Å². The smallest absolute Gasteiger partial charge is 0.254 e. The van der Waals surface area contributed by atoms with Gasteiger partial charge in [0.2, 0.25) is 5.91 Å². The number of furan rings is 1. The Bertz CT molecular complexity index is 751. The maximum Gasteiger partial charge on any atom is 0.254 e. The maximum atomic E-state index is 12.9. The summed E-state index contributed by atoms with van der Waals surface area (Å²) in [6.07, 6.45) is 0.812. The van der Waals surface area contributed by atoms with E-state index in [0.29, 0.717) is 31.0 Å². The molecule has 2 amide bonds. The number of hydrogen-bond acceptors (Lipinski definition) is 4. The van der Waals surface area contributed by atoms with Gasteiger partial charge in [-0.15, -0.1) is 0 Å². The maximum absolute atomic E-state index is 12.9. The van der Waals surface area contributed by atoms with Gasteiger partial charge in [-0.2, -0.15) is 0 Å². The van der Waals surface area contributed by atoms with E-state index >= 15 is 0 Å². The summed E-state index contributed by atoms with van der Waals surface area (Å²) >= 11 is 0. The van der Waals surface area contributed by atoms with Crippen LogP contribution in [-0.4, -0.2) is 36.5 Å². The minimum absolute atomic E-state index is 0.0721. The highest BCUT2D eigenvalue weighted by atomic mass is 16.5. The van der Waals surface area contributed by atoms with Crippen molar-refractivity contribution in [2.75, 3.05) is 25.1 Å². The zero-order valence-corrected chi connectivity index (χ0v) is 14.5. The summed E-state index contributed by atoms with van der Waals surface area (Å²) in [6, 6.07) is 10.5. The topological polar surface area (TPSA) is 71.8 Å². The second kappa shape index (κ2) is 7.53. The van der Waals surface area contributed by atoms with Gasteiger partial charge in [-0.05, 0) is 36.4 Å². The van der Waals surface area contributed by atoms with Crippen molar-refractivity contribution in [3.8, 4) is 0 Å². The standard InChI is InChI=1S/C19H22N2O4/c1-3-16-8-9-18(25-16)17-12-24-11-10-21(17)19(23)14-4-6-15(7-5-14)20-13(2)22/h4-9,17H,3,10-12H2,1-2H3,(H,20,22)/t17-/m1/s1. The molecule has 0 unspecified atom stereocenters. The van der Waals surface area contributed by atoms with Crippen LogP contribution in [0.15, 0.2) is 40.8 Å². The molecule has 0 bridgehead atoms. The Hall–Kier alpha value is -2.60. The quantitative estimate of drug-likeness (QED) is 0.927. The number of anilines is 1. The van der Waals surface area contributed by atoms with Crippen LogP contribution in [0.2, 0.25) is 0 Å². The summed E-state index contributed by atoms with van der Waals surface area (Å²) in [4.78, 5) is 25.8. The zero-order valence-electron chi connectivity index (χ0n) is 14.5. The van der Waals surface area contributed by atoms with Crippen LogP contribution in [0.4, 0.5) is 5.69 Å². The molecule has 3 rings (SSSR count).